The Bertz CT molecular complexity index is 745. The number of amides is 2. The standard InChI is InChI=1S/C16H18N4O3/c21-9-18-14-8-23-15-5-17-13(4-12(14)15)16(22)19-11-3-10-1-2-20(6-10)7-11/h4-5,8-11H,1-3,6-7H2,(H,18,21)(H,19,22)/t10-,11-/m1/s1. The van der Waals surface area contributed by atoms with E-state index in [-0.39, 0.29) is 11.9 Å². The Morgan fingerprint density at radius 2 is 2.35 bits per heavy atom. The molecule has 0 radical (unpaired) electrons. The first-order valence-corrected chi connectivity index (χ1v) is 7.83. The van der Waals surface area contributed by atoms with Crippen molar-refractivity contribution in [3.05, 3.63) is 24.2 Å². The molecular weight excluding hydrogens is 296 g/mol. The number of fused-ring (bicyclic) bond motifs is 3. The molecule has 2 aliphatic rings. The SMILES string of the molecule is O=CNc1coc2cnc(C(=O)N[C@@H]3C[C@H]4CCN(C4)C3)cc12. The van der Waals surface area contributed by atoms with E-state index in [2.05, 4.69) is 20.5 Å². The van der Waals surface area contributed by atoms with Gasteiger partial charge in [0.05, 0.1) is 11.9 Å². The number of nitrogens with one attached hydrogen (secondary N) is 2. The van der Waals surface area contributed by atoms with Crippen LogP contribution in [0.2, 0.25) is 0 Å². The number of hydrogen-bond donors (Lipinski definition) is 2. The van der Waals surface area contributed by atoms with E-state index in [0.29, 0.717) is 34.7 Å². The number of rotatable bonds is 4. The van der Waals surface area contributed by atoms with Crippen molar-refractivity contribution >= 4 is 29.0 Å². The Hall–Kier alpha value is -2.41. The highest BCUT2D eigenvalue weighted by molar-refractivity contribution is 6.00. The molecule has 7 nitrogen and oxygen atoms in total. The summed E-state index contributed by atoms with van der Waals surface area (Å²) >= 11 is 0. The maximum Gasteiger partial charge on any atom is 0.270 e. The normalized spacial score (nSPS) is 26.2. The van der Waals surface area contributed by atoms with Crippen molar-refractivity contribution in [2.24, 2.45) is 5.92 Å². The topological polar surface area (TPSA) is 87.5 Å². The van der Waals surface area contributed by atoms with Crippen LogP contribution in [0.15, 0.2) is 22.9 Å². The molecule has 1 unspecified atom stereocenters. The van der Waals surface area contributed by atoms with Gasteiger partial charge in [-0.05, 0) is 31.4 Å². The van der Waals surface area contributed by atoms with Gasteiger partial charge in [-0.15, -0.1) is 0 Å². The summed E-state index contributed by atoms with van der Waals surface area (Å²) in [5, 5.41) is 6.31. The van der Waals surface area contributed by atoms with Gasteiger partial charge in [0, 0.05) is 24.5 Å². The van der Waals surface area contributed by atoms with Gasteiger partial charge in [-0.2, -0.15) is 0 Å². The van der Waals surface area contributed by atoms with Crippen molar-refractivity contribution in [2.45, 2.75) is 18.9 Å². The zero-order chi connectivity index (χ0) is 15.8. The average molecular weight is 314 g/mol. The minimum atomic E-state index is -0.183. The van der Waals surface area contributed by atoms with Crippen LogP contribution in [0, 0.1) is 5.92 Å². The van der Waals surface area contributed by atoms with Crippen molar-refractivity contribution in [1.29, 1.82) is 0 Å². The van der Waals surface area contributed by atoms with Gasteiger partial charge >= 0.3 is 0 Å². The van der Waals surface area contributed by atoms with Crippen LogP contribution in [0.1, 0.15) is 23.3 Å². The van der Waals surface area contributed by atoms with E-state index < -0.39 is 0 Å². The van der Waals surface area contributed by atoms with Crippen LogP contribution >= 0.6 is 0 Å². The number of nitrogens with zero attached hydrogens (tertiary/aromatic N) is 2. The van der Waals surface area contributed by atoms with Crippen LogP contribution in [-0.4, -0.2) is 47.9 Å². The van der Waals surface area contributed by atoms with Gasteiger partial charge in [0.2, 0.25) is 6.41 Å². The van der Waals surface area contributed by atoms with Crippen molar-refractivity contribution in [1.82, 2.24) is 15.2 Å². The van der Waals surface area contributed by atoms with Crippen molar-refractivity contribution < 1.29 is 14.0 Å². The molecule has 2 N–H and O–H groups in total. The molecule has 23 heavy (non-hydrogen) atoms. The van der Waals surface area contributed by atoms with Gasteiger partial charge in [0.15, 0.2) is 5.58 Å². The van der Waals surface area contributed by atoms with Gasteiger partial charge in [-0.3, -0.25) is 9.59 Å². The molecule has 2 fully saturated rings. The minimum Gasteiger partial charge on any atom is -0.460 e. The van der Waals surface area contributed by atoms with Crippen LogP contribution in [0.5, 0.6) is 0 Å². The number of furan rings is 1. The summed E-state index contributed by atoms with van der Waals surface area (Å²) < 4.78 is 5.30. The summed E-state index contributed by atoms with van der Waals surface area (Å²) in [5.74, 6) is 0.513. The number of carbonyl (C=O) groups is 2. The predicted molar refractivity (Wildman–Crippen MR) is 84.1 cm³/mol. The fraction of sp³-hybridized carbons (Fsp3) is 0.438. The molecule has 2 saturated heterocycles. The molecule has 2 aromatic heterocycles. The highest BCUT2D eigenvalue weighted by Crippen LogP contribution is 2.27. The first-order valence-electron chi connectivity index (χ1n) is 7.83. The third kappa shape index (κ3) is 2.68. The lowest BCUT2D eigenvalue weighted by molar-refractivity contribution is -0.105. The van der Waals surface area contributed by atoms with Gasteiger partial charge in [0.25, 0.3) is 5.91 Å². The van der Waals surface area contributed by atoms with E-state index in [1.54, 1.807) is 6.07 Å². The molecule has 4 heterocycles. The van der Waals surface area contributed by atoms with Gasteiger partial charge < -0.3 is 20.0 Å². The fourth-order valence-corrected chi connectivity index (χ4v) is 3.66. The van der Waals surface area contributed by atoms with Crippen molar-refractivity contribution in [3.8, 4) is 0 Å². The predicted octanol–water partition coefficient (Wildman–Crippen LogP) is 1.22. The maximum absolute atomic E-state index is 12.5. The highest BCUT2D eigenvalue weighted by Gasteiger charge is 2.33. The number of carbonyl (C=O) groups excluding carboxylic acids is 2. The number of pyridine rings is 1. The summed E-state index contributed by atoms with van der Waals surface area (Å²) in [5.41, 5.74) is 1.40. The highest BCUT2D eigenvalue weighted by atomic mass is 16.3. The summed E-state index contributed by atoms with van der Waals surface area (Å²) in [6, 6.07) is 1.83. The average Bonchev–Trinajstić information content (AvgIpc) is 3.10. The van der Waals surface area contributed by atoms with Crippen molar-refractivity contribution in [2.75, 3.05) is 25.0 Å². The molecule has 7 heteroatoms. The molecule has 2 aliphatic heterocycles. The number of hydrogen-bond acceptors (Lipinski definition) is 5. The largest absolute Gasteiger partial charge is 0.460 e. The monoisotopic (exact) mass is 314 g/mol. The van der Waals surface area contributed by atoms with Gasteiger partial charge in [-0.1, -0.05) is 0 Å². The summed E-state index contributed by atoms with van der Waals surface area (Å²) in [7, 11) is 0. The smallest absolute Gasteiger partial charge is 0.270 e. The molecule has 2 amide bonds. The zero-order valence-corrected chi connectivity index (χ0v) is 12.6. The van der Waals surface area contributed by atoms with E-state index in [0.717, 1.165) is 26.1 Å². The quantitative estimate of drug-likeness (QED) is 0.829. The second kappa shape index (κ2) is 5.66. The second-order valence-corrected chi connectivity index (χ2v) is 6.30. The van der Waals surface area contributed by atoms with Crippen LogP contribution in [-0.2, 0) is 4.79 Å². The van der Waals surface area contributed by atoms with Crippen LogP contribution in [0.4, 0.5) is 5.69 Å². The molecule has 4 rings (SSSR count). The molecule has 3 atom stereocenters. The fourth-order valence-electron chi connectivity index (χ4n) is 3.66. The third-order valence-corrected chi connectivity index (χ3v) is 4.71. The Balaban J connectivity index is 1.52. The Morgan fingerprint density at radius 3 is 3.17 bits per heavy atom. The molecule has 120 valence electrons. The van der Waals surface area contributed by atoms with Crippen molar-refractivity contribution in [3.63, 3.8) is 0 Å². The van der Waals surface area contributed by atoms with Crippen LogP contribution in [0.25, 0.3) is 11.0 Å². The lowest BCUT2D eigenvalue weighted by Crippen LogP contribution is -2.47. The van der Waals surface area contributed by atoms with Gasteiger partial charge in [0.1, 0.15) is 12.0 Å². The number of aromatic nitrogens is 1. The molecule has 0 saturated carbocycles. The van der Waals surface area contributed by atoms with Gasteiger partial charge in [-0.25, -0.2) is 4.98 Å². The Kier molecular flexibility index (Phi) is 3.49. The number of piperidine rings is 1. The lowest BCUT2D eigenvalue weighted by Gasteiger charge is -2.30. The van der Waals surface area contributed by atoms with E-state index >= 15 is 0 Å². The van der Waals surface area contributed by atoms with E-state index in [1.165, 1.54) is 18.9 Å². The number of anilines is 1. The molecule has 0 aromatic carbocycles. The third-order valence-electron chi connectivity index (χ3n) is 4.71. The second-order valence-electron chi connectivity index (χ2n) is 6.30. The van der Waals surface area contributed by atoms with E-state index in [1.807, 2.05) is 0 Å². The van der Waals surface area contributed by atoms with E-state index in [4.69, 9.17) is 4.42 Å². The Labute approximate surface area is 133 Å². The molecule has 0 spiro atoms. The molecular formula is C16H18N4O3. The summed E-state index contributed by atoms with van der Waals surface area (Å²) in [6.07, 6.45) is 5.79. The maximum atomic E-state index is 12.5. The minimum absolute atomic E-state index is 0.179. The summed E-state index contributed by atoms with van der Waals surface area (Å²) in [4.78, 5) is 29.6. The van der Waals surface area contributed by atoms with Crippen LogP contribution in [0.3, 0.4) is 0 Å². The molecule has 0 aliphatic carbocycles. The first-order chi connectivity index (χ1) is 11.2. The first kappa shape index (κ1) is 14.2. The molecule has 2 aromatic rings. The zero-order valence-electron chi connectivity index (χ0n) is 12.6. The summed E-state index contributed by atoms with van der Waals surface area (Å²) in [6.45, 7) is 3.21. The Morgan fingerprint density at radius 1 is 1.43 bits per heavy atom. The lowest BCUT2D eigenvalue weighted by atomic mass is 9.97. The molecule has 2 bridgehead atoms. The van der Waals surface area contributed by atoms with Crippen LogP contribution < -0.4 is 10.6 Å². The van der Waals surface area contributed by atoms with E-state index in [9.17, 15) is 9.59 Å².